The van der Waals surface area contributed by atoms with E-state index in [-0.39, 0.29) is 18.0 Å². The van der Waals surface area contributed by atoms with Crippen molar-refractivity contribution >= 4 is 11.9 Å². The fourth-order valence-electron chi connectivity index (χ4n) is 1.88. The molecule has 136 valence electrons. The average Bonchev–Trinajstić information content (AvgIpc) is 2.73. The molecule has 0 amide bonds. The number of benzene rings is 2. The topological polar surface area (TPSA) is 95.9 Å². The van der Waals surface area contributed by atoms with Crippen LogP contribution >= 0.6 is 0 Å². The van der Waals surface area contributed by atoms with Gasteiger partial charge in [-0.2, -0.15) is 9.97 Å². The zero-order valence-corrected chi connectivity index (χ0v) is 14.2. The van der Waals surface area contributed by atoms with E-state index < -0.39 is 0 Å². The lowest BCUT2D eigenvalue weighted by Crippen LogP contribution is -2.33. The Hall–Kier alpha value is -4.10. The van der Waals surface area contributed by atoms with Gasteiger partial charge in [0.1, 0.15) is 0 Å². The van der Waals surface area contributed by atoms with Gasteiger partial charge in [0, 0.05) is 5.23 Å². The molecule has 0 radical (unpaired) electrons. The summed E-state index contributed by atoms with van der Waals surface area (Å²) >= 11 is 0. The molecule has 1 aromatic heterocycles. The van der Waals surface area contributed by atoms with Crippen LogP contribution in [0, 0.1) is 0 Å². The van der Waals surface area contributed by atoms with E-state index >= 15 is 0 Å². The number of rotatable bonds is 8. The van der Waals surface area contributed by atoms with Gasteiger partial charge in [0.2, 0.25) is 0 Å². The largest absolute Gasteiger partial charge is 0.467 e. The van der Waals surface area contributed by atoms with Gasteiger partial charge in [0.25, 0.3) is 0 Å². The van der Waals surface area contributed by atoms with Crippen LogP contribution in [0.4, 0.5) is 5.95 Å². The van der Waals surface area contributed by atoms with Crippen LogP contribution in [0.2, 0.25) is 0 Å². The summed E-state index contributed by atoms with van der Waals surface area (Å²) in [6.45, 7) is 0. The molecule has 0 aliphatic heterocycles. The van der Waals surface area contributed by atoms with Crippen LogP contribution in [-0.4, -0.2) is 28.0 Å². The number of ether oxygens (including phenoxy) is 2. The van der Waals surface area contributed by atoms with E-state index in [0.717, 1.165) is 11.5 Å². The molecular formula is C18H14N4O5. The molecule has 0 fully saturated rings. The summed E-state index contributed by atoms with van der Waals surface area (Å²) < 4.78 is 9.99. The molecule has 9 nitrogen and oxygen atoms in total. The van der Waals surface area contributed by atoms with E-state index in [0.29, 0.717) is 11.5 Å². The van der Waals surface area contributed by atoms with E-state index in [1.807, 2.05) is 12.1 Å². The molecule has 2 aromatic carbocycles. The first-order valence-corrected chi connectivity index (χ1v) is 7.71. The van der Waals surface area contributed by atoms with Crippen molar-refractivity contribution in [1.82, 2.24) is 15.0 Å². The molecule has 0 saturated carbocycles. The summed E-state index contributed by atoms with van der Waals surface area (Å²) in [5.74, 6) is 2.35. The molecule has 0 aliphatic rings. The van der Waals surface area contributed by atoms with Crippen LogP contribution in [0.5, 0.6) is 23.5 Å². The second kappa shape index (κ2) is 8.84. The number of anilines is 1. The van der Waals surface area contributed by atoms with Gasteiger partial charge in [-0.15, -0.1) is 4.98 Å². The fraction of sp³-hybridized carbons (Fsp3) is 0.0556. The molecule has 0 spiro atoms. The Balaban J connectivity index is 1.96. The summed E-state index contributed by atoms with van der Waals surface area (Å²) in [4.78, 5) is 33.8. The molecule has 0 bridgehead atoms. The monoisotopic (exact) mass is 366 g/mol. The minimum atomic E-state index is -0.196. The summed E-state index contributed by atoms with van der Waals surface area (Å²) in [7, 11) is 1.37. The van der Waals surface area contributed by atoms with E-state index in [1.165, 1.54) is 13.1 Å². The highest BCUT2D eigenvalue weighted by Gasteiger charge is 2.19. The number of hydrogen-bond donors (Lipinski definition) is 0. The first-order valence-electron chi connectivity index (χ1n) is 7.71. The van der Waals surface area contributed by atoms with Gasteiger partial charge >= 0.3 is 18.0 Å². The third-order valence-corrected chi connectivity index (χ3v) is 3.00. The van der Waals surface area contributed by atoms with Crippen molar-refractivity contribution < 1.29 is 23.9 Å². The Morgan fingerprint density at radius 3 is 1.93 bits per heavy atom. The van der Waals surface area contributed by atoms with Gasteiger partial charge in [-0.1, -0.05) is 36.4 Å². The minimum absolute atomic E-state index is 0.0624. The molecule has 0 unspecified atom stereocenters. The second-order valence-corrected chi connectivity index (χ2v) is 4.82. The van der Waals surface area contributed by atoms with E-state index in [1.54, 1.807) is 48.5 Å². The smallest absolute Gasteiger partial charge is 0.330 e. The third kappa shape index (κ3) is 4.94. The van der Waals surface area contributed by atoms with Crippen LogP contribution in [0.1, 0.15) is 0 Å². The van der Waals surface area contributed by atoms with E-state index in [4.69, 9.17) is 19.1 Å². The van der Waals surface area contributed by atoms with E-state index in [2.05, 4.69) is 15.0 Å². The van der Waals surface area contributed by atoms with Crippen molar-refractivity contribution in [3.63, 3.8) is 0 Å². The number of aromatic nitrogens is 3. The van der Waals surface area contributed by atoms with Crippen LogP contribution in [0.3, 0.4) is 0 Å². The van der Waals surface area contributed by atoms with Crippen molar-refractivity contribution in [2.24, 2.45) is 0 Å². The van der Waals surface area contributed by atoms with Crippen LogP contribution < -0.4 is 24.4 Å². The van der Waals surface area contributed by atoms with Crippen molar-refractivity contribution in [3.05, 3.63) is 66.9 Å². The maximum Gasteiger partial charge on any atom is 0.330 e. The standard InChI is InChI=1S/C18H14N4O5/c1-24-17-19-16(20-18(21-17)25-13-12-23)22(26-14-8-4-2-5-9-14)27-15-10-6-3-7-11-15/h2-11,13H,1H3. The minimum Gasteiger partial charge on any atom is -0.467 e. The van der Waals surface area contributed by atoms with E-state index in [9.17, 15) is 4.79 Å². The second-order valence-electron chi connectivity index (χ2n) is 4.82. The summed E-state index contributed by atoms with van der Waals surface area (Å²) in [5, 5.41) is 0.979. The lowest BCUT2D eigenvalue weighted by atomic mass is 10.3. The molecule has 0 N–H and O–H groups in total. The Bertz CT molecular complexity index is 876. The maximum absolute atomic E-state index is 10.4. The van der Waals surface area contributed by atoms with Crippen molar-refractivity contribution in [1.29, 1.82) is 0 Å². The normalized spacial score (nSPS) is 9.67. The van der Waals surface area contributed by atoms with Crippen molar-refractivity contribution in [3.8, 4) is 23.5 Å². The summed E-state index contributed by atoms with van der Waals surface area (Å²) in [5.41, 5.74) is 0. The summed E-state index contributed by atoms with van der Waals surface area (Å²) in [6.07, 6.45) is 0.763. The summed E-state index contributed by atoms with van der Waals surface area (Å²) in [6, 6.07) is 17.5. The quantitative estimate of drug-likeness (QED) is 0.338. The third-order valence-electron chi connectivity index (χ3n) is 3.00. The predicted octanol–water partition coefficient (Wildman–Crippen LogP) is 2.40. The van der Waals surface area contributed by atoms with Crippen LogP contribution in [0.15, 0.2) is 66.9 Å². The van der Waals surface area contributed by atoms with Gasteiger partial charge in [0.15, 0.2) is 23.7 Å². The number of hydrogen-bond acceptors (Lipinski definition) is 9. The predicted molar refractivity (Wildman–Crippen MR) is 93.9 cm³/mol. The zero-order valence-electron chi connectivity index (χ0n) is 14.2. The Morgan fingerprint density at radius 1 is 0.852 bits per heavy atom. The van der Waals surface area contributed by atoms with Crippen molar-refractivity contribution in [2.75, 3.05) is 12.3 Å². The SMILES string of the molecule is COc1nc(OC=C=O)nc(N(Oc2ccccc2)Oc2ccccc2)n1. The highest BCUT2D eigenvalue weighted by Crippen LogP contribution is 2.21. The molecule has 0 aliphatic carbocycles. The molecule has 9 heteroatoms. The average molecular weight is 366 g/mol. The zero-order chi connectivity index (χ0) is 18.9. The van der Waals surface area contributed by atoms with Gasteiger partial charge < -0.3 is 19.1 Å². The van der Waals surface area contributed by atoms with Gasteiger partial charge in [-0.25, -0.2) is 4.79 Å². The number of methoxy groups -OCH3 is 1. The number of nitrogens with zero attached hydrogens (tertiary/aromatic N) is 4. The van der Waals surface area contributed by atoms with Gasteiger partial charge in [0.05, 0.1) is 7.11 Å². The number of carbonyl (C=O) groups excluding carboxylic acids is 1. The fourth-order valence-corrected chi connectivity index (χ4v) is 1.88. The van der Waals surface area contributed by atoms with Crippen molar-refractivity contribution in [2.45, 2.75) is 0 Å². The highest BCUT2D eigenvalue weighted by molar-refractivity contribution is 5.43. The first-order chi connectivity index (χ1) is 13.3. The molecule has 0 saturated heterocycles. The van der Waals surface area contributed by atoms with Crippen LogP contribution in [0.25, 0.3) is 0 Å². The highest BCUT2D eigenvalue weighted by atomic mass is 17.0. The first kappa shape index (κ1) is 17.7. The lowest BCUT2D eigenvalue weighted by Gasteiger charge is -2.21. The maximum atomic E-state index is 10.4. The molecule has 3 aromatic rings. The molecular weight excluding hydrogens is 352 g/mol. The van der Waals surface area contributed by atoms with Crippen LogP contribution in [-0.2, 0) is 4.79 Å². The molecule has 0 atom stereocenters. The Morgan fingerprint density at radius 2 is 1.41 bits per heavy atom. The Kier molecular flexibility index (Phi) is 5.80. The van der Waals surface area contributed by atoms with Gasteiger partial charge in [-0.3, -0.25) is 0 Å². The molecule has 27 heavy (non-hydrogen) atoms. The molecule has 1 heterocycles. The van der Waals surface area contributed by atoms with Gasteiger partial charge in [-0.05, 0) is 24.3 Å². The Labute approximate surface area is 154 Å². The molecule has 3 rings (SSSR count). The lowest BCUT2D eigenvalue weighted by molar-refractivity contribution is 0.0668. The number of para-hydroxylation sites is 2.